The molecule has 8 heteroatoms. The molecule has 2 aliphatic heterocycles. The molecule has 1 spiro atoms. The Labute approximate surface area is 213 Å². The van der Waals surface area contributed by atoms with E-state index < -0.39 is 5.54 Å². The maximum absolute atomic E-state index is 13.9. The summed E-state index contributed by atoms with van der Waals surface area (Å²) in [6.45, 7) is 4.66. The van der Waals surface area contributed by atoms with Gasteiger partial charge in [-0.25, -0.2) is 4.79 Å². The molecule has 2 aromatic carbocycles. The van der Waals surface area contributed by atoms with Crippen molar-refractivity contribution in [2.24, 2.45) is 0 Å². The minimum atomic E-state index is -0.750. The number of nitrogens with one attached hydrogen (secondary N) is 1. The molecule has 2 heterocycles. The first-order valence-corrected chi connectivity index (χ1v) is 12.9. The molecule has 36 heavy (non-hydrogen) atoms. The zero-order valence-corrected chi connectivity index (χ0v) is 21.4. The normalized spacial score (nSPS) is 16.9. The van der Waals surface area contributed by atoms with Gasteiger partial charge in [0.15, 0.2) is 0 Å². The van der Waals surface area contributed by atoms with E-state index in [-0.39, 0.29) is 24.4 Å². The van der Waals surface area contributed by atoms with Crippen LogP contribution in [-0.2, 0) is 16.1 Å². The van der Waals surface area contributed by atoms with Gasteiger partial charge in [-0.15, -0.1) is 0 Å². The Balaban J connectivity index is 1.46. The summed E-state index contributed by atoms with van der Waals surface area (Å²) < 4.78 is 0. The fourth-order valence-electron chi connectivity index (χ4n) is 5.12. The van der Waals surface area contributed by atoms with Crippen molar-refractivity contribution in [3.05, 3.63) is 66.2 Å². The molecule has 2 aromatic rings. The standard InChI is InChI=1S/C28H37N5O3/c1-3-4-17-29-27(36)31-18-15-28(16-19-31)26(35)32(22-33(28)24-13-9-6-10-14-24)21-25(34)30(2)20-23-11-7-5-8-12-23/h5-14H,3-4,15-22H2,1-2H3,(H,29,36). The summed E-state index contributed by atoms with van der Waals surface area (Å²) in [6.07, 6.45) is 3.05. The topological polar surface area (TPSA) is 76.2 Å². The van der Waals surface area contributed by atoms with Gasteiger partial charge in [-0.2, -0.15) is 0 Å². The largest absolute Gasteiger partial charge is 0.340 e. The lowest BCUT2D eigenvalue weighted by Crippen LogP contribution is -2.58. The average Bonchev–Trinajstić information content (AvgIpc) is 3.16. The van der Waals surface area contributed by atoms with E-state index in [1.807, 2.05) is 60.7 Å². The van der Waals surface area contributed by atoms with Crippen LogP contribution >= 0.6 is 0 Å². The number of likely N-dealkylation sites (N-methyl/N-ethyl adjacent to an activating group) is 1. The Morgan fingerprint density at radius 1 is 1.00 bits per heavy atom. The molecule has 2 fully saturated rings. The minimum Gasteiger partial charge on any atom is -0.340 e. The van der Waals surface area contributed by atoms with E-state index in [1.54, 1.807) is 21.7 Å². The van der Waals surface area contributed by atoms with Crippen LogP contribution in [0.1, 0.15) is 38.2 Å². The number of hydrogen-bond donors (Lipinski definition) is 1. The third kappa shape index (κ3) is 5.48. The van der Waals surface area contributed by atoms with Crippen LogP contribution < -0.4 is 10.2 Å². The van der Waals surface area contributed by atoms with Crippen LogP contribution in [0.2, 0.25) is 0 Å². The third-order valence-corrected chi connectivity index (χ3v) is 7.28. The van der Waals surface area contributed by atoms with Gasteiger partial charge in [-0.05, 0) is 37.0 Å². The van der Waals surface area contributed by atoms with Crippen LogP contribution in [-0.4, -0.2) is 78.0 Å². The summed E-state index contributed by atoms with van der Waals surface area (Å²) >= 11 is 0. The molecular weight excluding hydrogens is 454 g/mol. The van der Waals surface area contributed by atoms with Crippen LogP contribution in [0, 0.1) is 0 Å². The second kappa shape index (κ2) is 11.5. The Morgan fingerprint density at radius 3 is 2.28 bits per heavy atom. The van der Waals surface area contributed by atoms with Crippen molar-refractivity contribution in [2.75, 3.05) is 44.8 Å². The maximum atomic E-state index is 13.9. The third-order valence-electron chi connectivity index (χ3n) is 7.28. The number of carbonyl (C=O) groups excluding carboxylic acids is 3. The Kier molecular flexibility index (Phi) is 8.13. The van der Waals surface area contributed by atoms with Crippen LogP contribution in [0.25, 0.3) is 0 Å². The number of carbonyl (C=O) groups is 3. The highest BCUT2D eigenvalue weighted by Crippen LogP contribution is 2.39. The van der Waals surface area contributed by atoms with E-state index >= 15 is 0 Å². The van der Waals surface area contributed by atoms with Crippen LogP contribution in [0.3, 0.4) is 0 Å². The number of unbranched alkanes of at least 4 members (excludes halogenated alkanes) is 1. The number of para-hydroxylation sites is 1. The Bertz CT molecular complexity index is 1040. The van der Waals surface area contributed by atoms with Gasteiger partial charge in [0.05, 0.1) is 6.67 Å². The number of benzene rings is 2. The molecule has 0 aromatic heterocycles. The monoisotopic (exact) mass is 491 g/mol. The Hall–Kier alpha value is -3.55. The van der Waals surface area contributed by atoms with E-state index in [9.17, 15) is 14.4 Å². The molecule has 192 valence electrons. The fourth-order valence-corrected chi connectivity index (χ4v) is 5.12. The van der Waals surface area contributed by atoms with Crippen molar-refractivity contribution < 1.29 is 14.4 Å². The summed E-state index contributed by atoms with van der Waals surface area (Å²) in [4.78, 5) is 46.8. The van der Waals surface area contributed by atoms with E-state index in [2.05, 4.69) is 17.1 Å². The first-order chi connectivity index (χ1) is 17.4. The number of urea groups is 1. The summed E-state index contributed by atoms with van der Waals surface area (Å²) in [5.74, 6) is -0.121. The molecule has 2 saturated heterocycles. The van der Waals surface area contributed by atoms with Crippen LogP contribution in [0.5, 0.6) is 0 Å². The van der Waals surface area contributed by atoms with Gasteiger partial charge in [0, 0.05) is 38.9 Å². The molecule has 0 atom stereocenters. The lowest BCUT2D eigenvalue weighted by atomic mass is 9.85. The van der Waals surface area contributed by atoms with E-state index in [4.69, 9.17) is 0 Å². The predicted octanol–water partition coefficient (Wildman–Crippen LogP) is 3.30. The molecule has 0 aliphatic carbocycles. The summed E-state index contributed by atoms with van der Waals surface area (Å²) in [5.41, 5.74) is 1.26. The van der Waals surface area contributed by atoms with E-state index in [0.717, 1.165) is 24.1 Å². The molecule has 0 bridgehead atoms. The van der Waals surface area contributed by atoms with Gasteiger partial charge in [-0.3, -0.25) is 9.59 Å². The fraction of sp³-hybridized carbons (Fsp3) is 0.464. The van der Waals surface area contributed by atoms with Crippen molar-refractivity contribution in [1.29, 1.82) is 0 Å². The molecule has 2 aliphatic rings. The molecule has 4 amide bonds. The second-order valence-corrected chi connectivity index (χ2v) is 9.75. The van der Waals surface area contributed by atoms with Crippen LogP contribution in [0.4, 0.5) is 10.5 Å². The number of piperidine rings is 1. The molecule has 0 unspecified atom stereocenters. The number of anilines is 1. The quantitative estimate of drug-likeness (QED) is 0.575. The number of amides is 4. The highest BCUT2D eigenvalue weighted by Gasteiger charge is 2.54. The lowest BCUT2D eigenvalue weighted by Gasteiger charge is -2.43. The summed E-state index contributed by atoms with van der Waals surface area (Å²) in [7, 11) is 1.77. The second-order valence-electron chi connectivity index (χ2n) is 9.75. The van der Waals surface area contributed by atoms with Gasteiger partial charge in [0.1, 0.15) is 12.1 Å². The first kappa shape index (κ1) is 25.5. The molecule has 8 nitrogen and oxygen atoms in total. The molecular formula is C28H37N5O3. The summed E-state index contributed by atoms with van der Waals surface area (Å²) in [6, 6.07) is 19.7. The first-order valence-electron chi connectivity index (χ1n) is 12.9. The zero-order chi connectivity index (χ0) is 25.5. The van der Waals surface area contributed by atoms with Crippen molar-refractivity contribution in [1.82, 2.24) is 20.0 Å². The van der Waals surface area contributed by atoms with Crippen molar-refractivity contribution in [3.63, 3.8) is 0 Å². The predicted molar refractivity (Wildman–Crippen MR) is 140 cm³/mol. The highest BCUT2D eigenvalue weighted by molar-refractivity contribution is 5.96. The van der Waals surface area contributed by atoms with Gasteiger partial charge < -0.3 is 24.9 Å². The smallest absolute Gasteiger partial charge is 0.317 e. The number of likely N-dealkylation sites (tertiary alicyclic amines) is 1. The number of rotatable bonds is 8. The Morgan fingerprint density at radius 2 is 1.64 bits per heavy atom. The average molecular weight is 492 g/mol. The number of hydrogen-bond acceptors (Lipinski definition) is 4. The number of nitrogens with zero attached hydrogens (tertiary/aromatic N) is 4. The van der Waals surface area contributed by atoms with Crippen LogP contribution in [0.15, 0.2) is 60.7 Å². The van der Waals surface area contributed by atoms with E-state index in [1.165, 1.54) is 0 Å². The molecule has 1 N–H and O–H groups in total. The van der Waals surface area contributed by atoms with Crippen molar-refractivity contribution in [2.45, 2.75) is 44.7 Å². The minimum absolute atomic E-state index is 0.0288. The SMILES string of the molecule is CCCCNC(=O)N1CCC2(CC1)C(=O)N(CC(=O)N(C)Cc1ccccc1)CN2c1ccccc1. The van der Waals surface area contributed by atoms with Crippen molar-refractivity contribution in [3.8, 4) is 0 Å². The van der Waals surface area contributed by atoms with E-state index in [0.29, 0.717) is 45.7 Å². The molecule has 4 rings (SSSR count). The highest BCUT2D eigenvalue weighted by atomic mass is 16.2. The van der Waals surface area contributed by atoms with Crippen molar-refractivity contribution >= 4 is 23.5 Å². The molecule has 0 saturated carbocycles. The van der Waals surface area contributed by atoms with Gasteiger partial charge in [0.2, 0.25) is 5.91 Å². The zero-order valence-electron chi connectivity index (χ0n) is 21.4. The molecule has 0 radical (unpaired) electrons. The van der Waals surface area contributed by atoms with Gasteiger partial charge in [-0.1, -0.05) is 61.9 Å². The maximum Gasteiger partial charge on any atom is 0.317 e. The van der Waals surface area contributed by atoms with Gasteiger partial charge >= 0.3 is 6.03 Å². The lowest BCUT2D eigenvalue weighted by molar-refractivity contribution is -0.140. The van der Waals surface area contributed by atoms with Gasteiger partial charge in [0.25, 0.3) is 5.91 Å². The summed E-state index contributed by atoms with van der Waals surface area (Å²) in [5, 5.41) is 2.98.